The van der Waals surface area contributed by atoms with Crippen molar-refractivity contribution in [1.82, 2.24) is 0 Å². The molecule has 0 saturated carbocycles. The van der Waals surface area contributed by atoms with Crippen molar-refractivity contribution in [3.8, 4) is 0 Å². The number of rotatable bonds is 3. The standard InChI is InChI=1S/C11H11ClO/c1-2-9-5-3-4-6-10(9)7-8-11(12)13/h3-8H,2H2,1H3. The smallest absolute Gasteiger partial charge is 0.245 e. The summed E-state index contributed by atoms with van der Waals surface area (Å²) in [5, 5.41) is -0.439. The van der Waals surface area contributed by atoms with Crippen LogP contribution in [0.25, 0.3) is 6.08 Å². The Labute approximate surface area is 83.0 Å². The minimum absolute atomic E-state index is 0.439. The van der Waals surface area contributed by atoms with Gasteiger partial charge in [-0.3, -0.25) is 4.79 Å². The Bertz CT molecular complexity index is 329. The van der Waals surface area contributed by atoms with Crippen LogP contribution in [0.5, 0.6) is 0 Å². The molecule has 0 amide bonds. The van der Waals surface area contributed by atoms with Gasteiger partial charge in [0.25, 0.3) is 0 Å². The van der Waals surface area contributed by atoms with Crippen molar-refractivity contribution in [2.75, 3.05) is 0 Å². The molecule has 0 aliphatic carbocycles. The predicted octanol–water partition coefficient (Wildman–Crippen LogP) is 3.03. The van der Waals surface area contributed by atoms with E-state index in [2.05, 4.69) is 6.92 Å². The number of hydrogen-bond acceptors (Lipinski definition) is 1. The summed E-state index contributed by atoms with van der Waals surface area (Å²) in [4.78, 5) is 10.5. The molecule has 1 aromatic rings. The van der Waals surface area contributed by atoms with Crippen LogP contribution in [0.1, 0.15) is 18.1 Å². The zero-order valence-corrected chi connectivity index (χ0v) is 8.21. The van der Waals surface area contributed by atoms with E-state index in [-0.39, 0.29) is 0 Å². The SMILES string of the molecule is CCc1ccccc1C=CC(=O)Cl. The Morgan fingerprint density at radius 1 is 1.46 bits per heavy atom. The van der Waals surface area contributed by atoms with E-state index in [1.807, 2.05) is 24.3 Å². The molecule has 0 atom stereocenters. The lowest BCUT2D eigenvalue weighted by Gasteiger charge is -2.00. The number of benzene rings is 1. The molecular weight excluding hydrogens is 184 g/mol. The van der Waals surface area contributed by atoms with Crippen molar-refractivity contribution in [3.05, 3.63) is 41.5 Å². The number of halogens is 1. The maximum absolute atomic E-state index is 10.5. The summed E-state index contributed by atoms with van der Waals surface area (Å²) in [6.07, 6.45) is 4.07. The van der Waals surface area contributed by atoms with Crippen molar-refractivity contribution >= 4 is 22.9 Å². The summed E-state index contributed by atoms with van der Waals surface area (Å²) in [7, 11) is 0. The third-order valence-electron chi connectivity index (χ3n) is 1.83. The Morgan fingerprint density at radius 3 is 2.77 bits per heavy atom. The Morgan fingerprint density at radius 2 is 2.15 bits per heavy atom. The monoisotopic (exact) mass is 194 g/mol. The molecular formula is C11H11ClO. The van der Waals surface area contributed by atoms with Crippen LogP contribution in [0.4, 0.5) is 0 Å². The second-order valence-electron chi connectivity index (χ2n) is 2.69. The van der Waals surface area contributed by atoms with E-state index in [0.717, 1.165) is 12.0 Å². The highest BCUT2D eigenvalue weighted by molar-refractivity contribution is 6.66. The molecule has 68 valence electrons. The van der Waals surface area contributed by atoms with Crippen LogP contribution >= 0.6 is 11.6 Å². The third-order valence-corrected chi connectivity index (χ3v) is 1.96. The van der Waals surface area contributed by atoms with Gasteiger partial charge in [-0.2, -0.15) is 0 Å². The van der Waals surface area contributed by atoms with Gasteiger partial charge in [0.2, 0.25) is 5.24 Å². The van der Waals surface area contributed by atoms with Crippen LogP contribution in [-0.4, -0.2) is 5.24 Å². The molecule has 2 heteroatoms. The summed E-state index contributed by atoms with van der Waals surface area (Å²) in [5.74, 6) is 0. The van der Waals surface area contributed by atoms with Crippen molar-refractivity contribution in [2.45, 2.75) is 13.3 Å². The summed E-state index contributed by atoms with van der Waals surface area (Å²) in [5.41, 5.74) is 2.27. The van der Waals surface area contributed by atoms with Crippen LogP contribution in [-0.2, 0) is 11.2 Å². The predicted molar refractivity (Wildman–Crippen MR) is 55.7 cm³/mol. The first-order valence-electron chi connectivity index (χ1n) is 4.19. The van der Waals surface area contributed by atoms with Gasteiger partial charge in [-0.1, -0.05) is 31.2 Å². The highest BCUT2D eigenvalue weighted by Gasteiger charge is 1.95. The van der Waals surface area contributed by atoms with Crippen molar-refractivity contribution in [1.29, 1.82) is 0 Å². The first kappa shape index (κ1) is 10.0. The summed E-state index contributed by atoms with van der Waals surface area (Å²) >= 11 is 5.20. The second-order valence-corrected chi connectivity index (χ2v) is 3.06. The van der Waals surface area contributed by atoms with E-state index in [0.29, 0.717) is 0 Å². The maximum atomic E-state index is 10.5. The molecule has 0 aliphatic rings. The largest absolute Gasteiger partial charge is 0.276 e. The van der Waals surface area contributed by atoms with E-state index >= 15 is 0 Å². The quantitative estimate of drug-likeness (QED) is 0.534. The number of carbonyl (C=O) groups excluding carboxylic acids is 1. The van der Waals surface area contributed by atoms with Crippen LogP contribution in [0.15, 0.2) is 30.3 Å². The molecule has 13 heavy (non-hydrogen) atoms. The molecule has 0 saturated heterocycles. The van der Waals surface area contributed by atoms with Gasteiger partial charge < -0.3 is 0 Å². The molecule has 0 fully saturated rings. The zero-order valence-electron chi connectivity index (χ0n) is 7.46. The minimum atomic E-state index is -0.439. The summed E-state index contributed by atoms with van der Waals surface area (Å²) in [6.45, 7) is 2.08. The van der Waals surface area contributed by atoms with E-state index in [4.69, 9.17) is 11.6 Å². The lowest BCUT2D eigenvalue weighted by Crippen LogP contribution is -1.85. The molecule has 0 N–H and O–H groups in total. The molecule has 1 rings (SSSR count). The van der Waals surface area contributed by atoms with Crippen molar-refractivity contribution in [2.24, 2.45) is 0 Å². The van der Waals surface area contributed by atoms with Crippen LogP contribution < -0.4 is 0 Å². The minimum Gasteiger partial charge on any atom is -0.276 e. The molecule has 0 bridgehead atoms. The lowest BCUT2D eigenvalue weighted by molar-refractivity contribution is -0.107. The fraction of sp³-hybridized carbons (Fsp3) is 0.182. The van der Waals surface area contributed by atoms with Gasteiger partial charge >= 0.3 is 0 Å². The number of carbonyl (C=O) groups is 1. The molecule has 0 heterocycles. The highest BCUT2D eigenvalue weighted by atomic mass is 35.5. The van der Waals surface area contributed by atoms with E-state index in [1.54, 1.807) is 6.08 Å². The highest BCUT2D eigenvalue weighted by Crippen LogP contribution is 2.11. The van der Waals surface area contributed by atoms with Gasteiger partial charge in [-0.05, 0) is 41.3 Å². The zero-order chi connectivity index (χ0) is 9.68. The third kappa shape index (κ3) is 3.03. The molecule has 0 aromatic heterocycles. The average molecular weight is 195 g/mol. The van der Waals surface area contributed by atoms with Gasteiger partial charge in [-0.25, -0.2) is 0 Å². The van der Waals surface area contributed by atoms with Crippen LogP contribution in [0, 0.1) is 0 Å². The average Bonchev–Trinajstić information content (AvgIpc) is 2.15. The molecule has 1 aromatic carbocycles. The van der Waals surface area contributed by atoms with Gasteiger partial charge in [-0.15, -0.1) is 0 Å². The van der Waals surface area contributed by atoms with E-state index in [1.165, 1.54) is 11.6 Å². The molecule has 0 aliphatic heterocycles. The lowest BCUT2D eigenvalue weighted by atomic mass is 10.1. The van der Waals surface area contributed by atoms with Crippen molar-refractivity contribution in [3.63, 3.8) is 0 Å². The molecule has 0 unspecified atom stereocenters. The topological polar surface area (TPSA) is 17.1 Å². The molecule has 1 nitrogen and oxygen atoms in total. The van der Waals surface area contributed by atoms with Crippen LogP contribution in [0.3, 0.4) is 0 Å². The van der Waals surface area contributed by atoms with Gasteiger partial charge in [0.05, 0.1) is 0 Å². The fourth-order valence-electron chi connectivity index (χ4n) is 1.17. The first-order valence-corrected chi connectivity index (χ1v) is 4.57. The van der Waals surface area contributed by atoms with Gasteiger partial charge in [0.1, 0.15) is 0 Å². The van der Waals surface area contributed by atoms with Crippen molar-refractivity contribution < 1.29 is 4.79 Å². The molecule has 0 radical (unpaired) electrons. The number of hydrogen-bond donors (Lipinski definition) is 0. The maximum Gasteiger partial charge on any atom is 0.245 e. The van der Waals surface area contributed by atoms with E-state index < -0.39 is 5.24 Å². The Kier molecular flexibility index (Phi) is 3.71. The second kappa shape index (κ2) is 4.83. The van der Waals surface area contributed by atoms with Crippen LogP contribution in [0.2, 0.25) is 0 Å². The Balaban J connectivity index is 2.93. The van der Waals surface area contributed by atoms with Gasteiger partial charge in [0.15, 0.2) is 0 Å². The fourth-order valence-corrected chi connectivity index (χ4v) is 1.24. The number of aryl methyl sites for hydroxylation is 1. The first-order chi connectivity index (χ1) is 6.24. The molecule has 0 spiro atoms. The van der Waals surface area contributed by atoms with E-state index in [9.17, 15) is 4.79 Å². The summed E-state index contributed by atoms with van der Waals surface area (Å²) in [6, 6.07) is 7.93. The summed E-state index contributed by atoms with van der Waals surface area (Å²) < 4.78 is 0. The van der Waals surface area contributed by atoms with Gasteiger partial charge in [0, 0.05) is 0 Å². The normalized spacial score (nSPS) is 10.6. The Hall–Kier alpha value is -1.08. The number of allylic oxidation sites excluding steroid dienone is 1.